The third-order valence-electron chi connectivity index (χ3n) is 6.43. The summed E-state index contributed by atoms with van der Waals surface area (Å²) in [7, 11) is -2.07. The van der Waals surface area contributed by atoms with Crippen LogP contribution in [0, 0.1) is 5.82 Å². The number of carbonyl (C=O) groups excluding carboxylic acids is 1. The summed E-state index contributed by atoms with van der Waals surface area (Å²) >= 11 is 0. The highest BCUT2D eigenvalue weighted by Gasteiger charge is 2.26. The number of para-hydroxylation sites is 2. The summed E-state index contributed by atoms with van der Waals surface area (Å²) in [4.78, 5) is 17.4. The molecule has 38 heavy (non-hydrogen) atoms. The van der Waals surface area contributed by atoms with Crippen LogP contribution < -0.4 is 18.7 Å². The zero-order valence-electron chi connectivity index (χ0n) is 21.8. The van der Waals surface area contributed by atoms with E-state index in [-0.39, 0.29) is 12.5 Å². The number of sulfonamides is 1. The Hall–Kier alpha value is -3.79. The van der Waals surface area contributed by atoms with Gasteiger partial charge in [-0.2, -0.15) is 0 Å². The van der Waals surface area contributed by atoms with Crippen molar-refractivity contribution in [1.29, 1.82) is 0 Å². The molecule has 1 aliphatic heterocycles. The van der Waals surface area contributed by atoms with E-state index in [1.54, 1.807) is 30.2 Å². The molecule has 0 unspecified atom stereocenters. The number of carbonyl (C=O) groups is 1. The Morgan fingerprint density at radius 3 is 2.29 bits per heavy atom. The number of hydrogen-bond acceptors (Lipinski definition) is 6. The van der Waals surface area contributed by atoms with E-state index in [1.165, 1.54) is 28.6 Å². The Morgan fingerprint density at radius 1 is 0.974 bits per heavy atom. The molecule has 0 aliphatic carbocycles. The van der Waals surface area contributed by atoms with Crippen LogP contribution in [-0.2, 0) is 16.6 Å². The molecule has 1 aliphatic rings. The van der Waals surface area contributed by atoms with Crippen LogP contribution in [0.1, 0.15) is 22.8 Å². The van der Waals surface area contributed by atoms with Crippen LogP contribution in [0.15, 0.2) is 66.7 Å². The molecule has 0 N–H and O–H groups in total. The average Bonchev–Trinajstić information content (AvgIpc) is 2.92. The van der Waals surface area contributed by atoms with E-state index in [2.05, 4.69) is 4.90 Å². The normalized spacial score (nSPS) is 13.8. The molecule has 0 aromatic heterocycles. The van der Waals surface area contributed by atoms with Gasteiger partial charge in [0, 0.05) is 37.3 Å². The smallest absolute Gasteiger partial charge is 0.253 e. The summed E-state index contributed by atoms with van der Waals surface area (Å²) in [6, 6.07) is 18.1. The summed E-state index contributed by atoms with van der Waals surface area (Å²) < 4.78 is 51.2. The van der Waals surface area contributed by atoms with E-state index in [0.717, 1.165) is 17.7 Å². The minimum Gasteiger partial charge on any atom is -0.495 e. The van der Waals surface area contributed by atoms with Gasteiger partial charge in [-0.3, -0.25) is 9.10 Å². The predicted molar refractivity (Wildman–Crippen MR) is 146 cm³/mol. The van der Waals surface area contributed by atoms with E-state index in [9.17, 15) is 17.6 Å². The van der Waals surface area contributed by atoms with Crippen molar-refractivity contribution in [1.82, 2.24) is 4.90 Å². The molecule has 202 valence electrons. The molecular weight excluding hydrogens is 509 g/mol. The number of nitrogens with zero attached hydrogens (tertiary/aromatic N) is 3. The van der Waals surface area contributed by atoms with Crippen molar-refractivity contribution >= 4 is 27.3 Å². The molecule has 0 bridgehead atoms. The largest absolute Gasteiger partial charge is 0.495 e. The number of benzene rings is 3. The molecule has 8 nitrogen and oxygen atoms in total. The van der Waals surface area contributed by atoms with Crippen molar-refractivity contribution in [3.8, 4) is 11.5 Å². The van der Waals surface area contributed by atoms with Crippen LogP contribution in [-0.4, -0.2) is 65.4 Å². The summed E-state index contributed by atoms with van der Waals surface area (Å²) in [6.07, 6.45) is 1.09. The fourth-order valence-corrected chi connectivity index (χ4v) is 5.40. The minimum atomic E-state index is -3.71. The highest BCUT2D eigenvalue weighted by atomic mass is 32.2. The van der Waals surface area contributed by atoms with Crippen molar-refractivity contribution in [2.45, 2.75) is 13.5 Å². The van der Waals surface area contributed by atoms with Gasteiger partial charge in [0.25, 0.3) is 5.91 Å². The van der Waals surface area contributed by atoms with Crippen molar-refractivity contribution < 1.29 is 27.1 Å². The van der Waals surface area contributed by atoms with Gasteiger partial charge in [0.1, 0.15) is 17.3 Å². The van der Waals surface area contributed by atoms with Gasteiger partial charge < -0.3 is 19.3 Å². The van der Waals surface area contributed by atoms with Crippen LogP contribution in [0.2, 0.25) is 0 Å². The van der Waals surface area contributed by atoms with Gasteiger partial charge in [0.2, 0.25) is 10.0 Å². The maximum absolute atomic E-state index is 13.5. The van der Waals surface area contributed by atoms with Crippen LogP contribution in [0.3, 0.4) is 0 Å². The number of halogens is 1. The summed E-state index contributed by atoms with van der Waals surface area (Å²) in [5.41, 5.74) is 2.30. The summed E-state index contributed by atoms with van der Waals surface area (Å²) in [5.74, 6) is 0.679. The molecule has 10 heteroatoms. The Kier molecular flexibility index (Phi) is 8.41. The van der Waals surface area contributed by atoms with Crippen LogP contribution in [0.25, 0.3) is 0 Å². The molecule has 4 rings (SSSR count). The molecule has 0 radical (unpaired) electrons. The minimum absolute atomic E-state index is 0.0670. The highest BCUT2D eigenvalue weighted by molar-refractivity contribution is 7.92. The quantitative estimate of drug-likeness (QED) is 0.405. The maximum atomic E-state index is 13.5. The van der Waals surface area contributed by atoms with Crippen LogP contribution in [0.4, 0.5) is 15.8 Å². The Balaban J connectivity index is 1.55. The van der Waals surface area contributed by atoms with Gasteiger partial charge in [0.15, 0.2) is 0 Å². The fraction of sp³-hybridized carbons (Fsp3) is 0.321. The van der Waals surface area contributed by atoms with Crippen molar-refractivity contribution in [2.24, 2.45) is 0 Å². The standard InChI is InChI=1S/C28H32FN3O5S/c1-4-37-26-14-9-21(19-22(26)20-32(38(3,34)35)24-12-10-23(29)11-13-24)28(33)31-17-15-30(16-18-31)25-7-5-6-8-27(25)36-2/h5-14,19H,4,15-18,20H2,1-3H3. The molecule has 0 atom stereocenters. The summed E-state index contributed by atoms with van der Waals surface area (Å²) in [6.45, 7) is 4.52. The number of ether oxygens (including phenoxy) is 2. The van der Waals surface area contributed by atoms with E-state index in [4.69, 9.17) is 9.47 Å². The molecule has 1 amide bonds. The summed E-state index contributed by atoms with van der Waals surface area (Å²) in [5, 5.41) is 0. The average molecular weight is 542 g/mol. The van der Waals surface area contributed by atoms with Gasteiger partial charge in [-0.25, -0.2) is 12.8 Å². The lowest BCUT2D eigenvalue weighted by molar-refractivity contribution is 0.0746. The topological polar surface area (TPSA) is 79.4 Å². The Morgan fingerprint density at radius 2 is 1.66 bits per heavy atom. The van der Waals surface area contributed by atoms with Gasteiger partial charge in [-0.15, -0.1) is 0 Å². The number of anilines is 2. The highest BCUT2D eigenvalue weighted by Crippen LogP contribution is 2.30. The molecule has 0 saturated carbocycles. The number of piperazine rings is 1. The second-order valence-corrected chi connectivity index (χ2v) is 10.9. The van der Waals surface area contributed by atoms with E-state index in [1.807, 2.05) is 31.2 Å². The lowest BCUT2D eigenvalue weighted by Gasteiger charge is -2.36. The Bertz CT molecular complexity index is 1370. The SMILES string of the molecule is CCOc1ccc(C(=O)N2CCN(c3ccccc3OC)CC2)cc1CN(c1ccc(F)cc1)S(C)(=O)=O. The molecule has 1 saturated heterocycles. The molecule has 1 heterocycles. The number of methoxy groups -OCH3 is 1. The third-order valence-corrected chi connectivity index (χ3v) is 7.57. The predicted octanol–water partition coefficient (Wildman–Crippen LogP) is 4.16. The van der Waals surface area contributed by atoms with Crippen LogP contribution in [0.5, 0.6) is 11.5 Å². The second kappa shape index (κ2) is 11.7. The molecular formula is C28H32FN3O5S. The monoisotopic (exact) mass is 541 g/mol. The van der Waals surface area contributed by atoms with E-state index < -0.39 is 15.8 Å². The molecule has 3 aromatic rings. The Labute approximate surface area is 223 Å². The van der Waals surface area contributed by atoms with Crippen LogP contribution >= 0.6 is 0 Å². The van der Waals surface area contributed by atoms with E-state index in [0.29, 0.717) is 55.3 Å². The van der Waals surface area contributed by atoms with Gasteiger partial charge in [-0.05, 0) is 61.5 Å². The maximum Gasteiger partial charge on any atom is 0.253 e. The molecule has 0 spiro atoms. The third kappa shape index (κ3) is 6.19. The first-order chi connectivity index (χ1) is 18.2. The van der Waals surface area contributed by atoms with Gasteiger partial charge in [0.05, 0.1) is 37.9 Å². The molecule has 3 aromatic carbocycles. The van der Waals surface area contributed by atoms with Crippen molar-refractivity contribution in [3.63, 3.8) is 0 Å². The van der Waals surface area contributed by atoms with E-state index >= 15 is 0 Å². The first kappa shape index (κ1) is 27.3. The number of rotatable bonds is 9. The first-order valence-corrected chi connectivity index (χ1v) is 14.2. The number of hydrogen-bond donors (Lipinski definition) is 0. The second-order valence-electron chi connectivity index (χ2n) is 8.95. The lowest BCUT2D eigenvalue weighted by atomic mass is 10.1. The number of amides is 1. The zero-order valence-corrected chi connectivity index (χ0v) is 22.6. The zero-order chi connectivity index (χ0) is 27.3. The first-order valence-electron chi connectivity index (χ1n) is 12.4. The van der Waals surface area contributed by atoms with Gasteiger partial charge in [-0.1, -0.05) is 12.1 Å². The van der Waals surface area contributed by atoms with Crippen molar-refractivity contribution in [3.05, 3.63) is 83.7 Å². The van der Waals surface area contributed by atoms with Crippen molar-refractivity contribution in [2.75, 3.05) is 55.4 Å². The molecule has 1 fully saturated rings. The van der Waals surface area contributed by atoms with Gasteiger partial charge >= 0.3 is 0 Å². The lowest BCUT2D eigenvalue weighted by Crippen LogP contribution is -2.48. The fourth-order valence-electron chi connectivity index (χ4n) is 4.52.